The molecule has 7 rings (SSSR count). The summed E-state index contributed by atoms with van der Waals surface area (Å²) in [5.41, 5.74) is 3.03. The first-order valence-electron chi connectivity index (χ1n) is 13.2. The van der Waals surface area contributed by atoms with Crippen LogP contribution in [0.1, 0.15) is 52.6 Å². The van der Waals surface area contributed by atoms with Gasteiger partial charge in [-0.2, -0.15) is 0 Å². The van der Waals surface area contributed by atoms with Crippen molar-refractivity contribution < 1.29 is 38.4 Å². The van der Waals surface area contributed by atoms with Gasteiger partial charge in [-0.25, -0.2) is 0 Å². The third-order valence-electron chi connectivity index (χ3n) is 6.35. The third-order valence-corrected chi connectivity index (χ3v) is 6.35. The van der Waals surface area contributed by atoms with Crippen LogP contribution in [-0.4, -0.2) is 46.3 Å². The average Bonchev–Trinajstić information content (AvgIpc) is 3.05. The standard InChI is InChI=1S/C14H8O2.C10H6O2.2C6H4O2/c15-13-9-5-1-2-6-10(9)14(16)12-8-4-3-7-11(12)13;11-9-5-6-10(12)8-4-2-1-3-7(8)9;7-5-1-2-6(8)4-3-5;7-5-3-1-2-4-6(5)8/h1-8H;1-6H;2*1-4H. The van der Waals surface area contributed by atoms with Crippen molar-refractivity contribution in [2.75, 3.05) is 0 Å². The molecule has 0 N–H and O–H groups in total. The lowest BCUT2D eigenvalue weighted by atomic mass is 9.84. The Balaban J connectivity index is 0.000000140. The molecular formula is C36H22O8. The van der Waals surface area contributed by atoms with Crippen molar-refractivity contribution in [3.63, 3.8) is 0 Å². The fourth-order valence-electron chi connectivity index (χ4n) is 4.18. The molecule has 4 aliphatic carbocycles. The van der Waals surface area contributed by atoms with Crippen LogP contribution in [0.3, 0.4) is 0 Å². The van der Waals surface area contributed by atoms with Gasteiger partial charge in [-0.15, -0.1) is 0 Å². The molecule has 214 valence electrons. The summed E-state index contributed by atoms with van der Waals surface area (Å²) in [7, 11) is 0. The molecule has 0 atom stereocenters. The molecular weight excluding hydrogens is 560 g/mol. The highest BCUT2D eigenvalue weighted by Crippen LogP contribution is 2.26. The maximum absolute atomic E-state index is 12.1. The van der Waals surface area contributed by atoms with Gasteiger partial charge in [0.2, 0.25) is 11.6 Å². The first kappa shape index (κ1) is 30.7. The summed E-state index contributed by atoms with van der Waals surface area (Å²) in [6.45, 7) is 0. The molecule has 0 unspecified atom stereocenters. The first-order chi connectivity index (χ1) is 21.2. The number of hydrogen-bond donors (Lipinski definition) is 0. The normalized spacial score (nSPS) is 15.2. The van der Waals surface area contributed by atoms with E-state index in [2.05, 4.69) is 0 Å². The zero-order valence-corrected chi connectivity index (χ0v) is 23.0. The van der Waals surface area contributed by atoms with Crippen molar-refractivity contribution in [1.29, 1.82) is 0 Å². The minimum atomic E-state index is -0.437. The lowest BCUT2D eigenvalue weighted by Crippen LogP contribution is -2.20. The van der Waals surface area contributed by atoms with Crippen molar-refractivity contribution in [2.45, 2.75) is 0 Å². The molecule has 0 radical (unpaired) electrons. The number of carbonyl (C=O) groups excluding carboxylic acids is 8. The number of rotatable bonds is 0. The predicted octanol–water partition coefficient (Wildman–Crippen LogP) is 4.59. The van der Waals surface area contributed by atoms with E-state index in [0.29, 0.717) is 33.4 Å². The Morgan fingerprint density at radius 1 is 0.273 bits per heavy atom. The quantitative estimate of drug-likeness (QED) is 0.167. The van der Waals surface area contributed by atoms with Crippen molar-refractivity contribution in [3.8, 4) is 0 Å². The fraction of sp³-hybridized carbons (Fsp3) is 0. The summed E-state index contributed by atoms with van der Waals surface area (Å²) < 4.78 is 0. The maximum atomic E-state index is 12.1. The summed E-state index contributed by atoms with van der Waals surface area (Å²) >= 11 is 0. The summed E-state index contributed by atoms with van der Waals surface area (Å²) in [5.74, 6) is -1.43. The monoisotopic (exact) mass is 582 g/mol. The molecule has 0 amide bonds. The zero-order chi connectivity index (χ0) is 31.6. The minimum Gasteiger partial charge on any atom is -0.290 e. The number of benzene rings is 3. The van der Waals surface area contributed by atoms with Gasteiger partial charge in [0.1, 0.15) is 0 Å². The molecule has 0 bridgehead atoms. The molecule has 3 aromatic carbocycles. The van der Waals surface area contributed by atoms with Crippen molar-refractivity contribution >= 4 is 46.3 Å². The SMILES string of the molecule is O=C1C=CC(=O)C=C1.O=C1C=CC(=O)c2ccccc21.O=C1C=CC=CC1=O.O=C1c2ccccc2C(=O)c2ccccc21. The summed E-state index contributed by atoms with van der Waals surface area (Å²) in [5, 5.41) is 0. The van der Waals surface area contributed by atoms with Crippen LogP contribution in [0, 0.1) is 0 Å². The van der Waals surface area contributed by atoms with Gasteiger partial charge in [-0.1, -0.05) is 84.9 Å². The Bertz CT molecular complexity index is 1690. The highest BCUT2D eigenvalue weighted by atomic mass is 16.2. The van der Waals surface area contributed by atoms with Gasteiger partial charge < -0.3 is 0 Å². The Hall–Kier alpha value is -6.28. The Kier molecular flexibility index (Phi) is 9.80. The summed E-state index contributed by atoms with van der Waals surface area (Å²) in [4.78, 5) is 87.8. The van der Waals surface area contributed by atoms with Gasteiger partial charge in [-0.3, -0.25) is 38.4 Å². The lowest BCUT2D eigenvalue weighted by Gasteiger charge is -2.16. The van der Waals surface area contributed by atoms with E-state index in [1.807, 2.05) is 0 Å². The largest absolute Gasteiger partial charge is 0.290 e. The molecule has 0 spiro atoms. The molecule has 0 aromatic heterocycles. The van der Waals surface area contributed by atoms with Gasteiger partial charge in [0, 0.05) is 33.4 Å². The van der Waals surface area contributed by atoms with Crippen LogP contribution in [0.25, 0.3) is 0 Å². The van der Waals surface area contributed by atoms with Crippen LogP contribution in [-0.2, 0) is 19.2 Å². The van der Waals surface area contributed by atoms with Gasteiger partial charge in [0.25, 0.3) is 0 Å². The summed E-state index contributed by atoms with van der Waals surface area (Å²) in [6.07, 6.45) is 13.2. The molecule has 8 nitrogen and oxygen atoms in total. The molecule has 8 heteroatoms. The van der Waals surface area contributed by atoms with E-state index >= 15 is 0 Å². The molecule has 0 aliphatic heterocycles. The van der Waals surface area contributed by atoms with E-state index in [1.165, 1.54) is 48.6 Å². The van der Waals surface area contributed by atoms with E-state index in [9.17, 15) is 38.4 Å². The summed E-state index contributed by atoms with van der Waals surface area (Å²) in [6, 6.07) is 20.7. The number of hydrogen-bond acceptors (Lipinski definition) is 8. The van der Waals surface area contributed by atoms with Crippen LogP contribution in [0.15, 0.2) is 134 Å². The highest BCUT2D eigenvalue weighted by molar-refractivity contribution is 6.46. The number of allylic oxidation sites excluding steroid dienone is 10. The van der Waals surface area contributed by atoms with Crippen molar-refractivity contribution in [3.05, 3.63) is 167 Å². The molecule has 0 fully saturated rings. The molecule has 4 aliphatic rings. The second-order valence-corrected chi connectivity index (χ2v) is 9.27. The molecule has 0 heterocycles. The van der Waals surface area contributed by atoms with E-state index < -0.39 is 11.6 Å². The molecule has 0 saturated heterocycles. The Labute approximate surface area is 251 Å². The molecule has 0 saturated carbocycles. The van der Waals surface area contributed by atoms with Gasteiger partial charge in [0.05, 0.1) is 0 Å². The molecule has 44 heavy (non-hydrogen) atoms. The van der Waals surface area contributed by atoms with Gasteiger partial charge >= 0.3 is 0 Å². The number of carbonyl (C=O) groups is 8. The average molecular weight is 583 g/mol. The smallest absolute Gasteiger partial charge is 0.225 e. The van der Waals surface area contributed by atoms with E-state index in [4.69, 9.17) is 0 Å². The minimum absolute atomic E-state index is 0.0641. The van der Waals surface area contributed by atoms with Crippen LogP contribution < -0.4 is 0 Å². The lowest BCUT2D eigenvalue weighted by molar-refractivity contribution is -0.131. The predicted molar refractivity (Wildman–Crippen MR) is 161 cm³/mol. The van der Waals surface area contributed by atoms with Crippen molar-refractivity contribution in [2.24, 2.45) is 0 Å². The van der Waals surface area contributed by atoms with Gasteiger partial charge in [0.15, 0.2) is 34.7 Å². The Morgan fingerprint density at radius 2 is 0.545 bits per heavy atom. The van der Waals surface area contributed by atoms with Crippen molar-refractivity contribution in [1.82, 2.24) is 0 Å². The van der Waals surface area contributed by atoms with E-state index in [1.54, 1.807) is 84.9 Å². The highest BCUT2D eigenvalue weighted by Gasteiger charge is 2.28. The number of ketones is 8. The third kappa shape index (κ3) is 7.32. The Morgan fingerprint density at radius 3 is 0.818 bits per heavy atom. The second kappa shape index (κ2) is 14.1. The molecule has 3 aromatic rings. The van der Waals surface area contributed by atoms with Crippen LogP contribution in [0.5, 0.6) is 0 Å². The zero-order valence-electron chi connectivity index (χ0n) is 23.0. The fourth-order valence-corrected chi connectivity index (χ4v) is 4.18. The van der Waals surface area contributed by atoms with Gasteiger partial charge in [-0.05, 0) is 48.6 Å². The second-order valence-electron chi connectivity index (χ2n) is 9.27. The van der Waals surface area contributed by atoms with E-state index in [0.717, 1.165) is 0 Å². The topological polar surface area (TPSA) is 137 Å². The van der Waals surface area contributed by atoms with Crippen LogP contribution in [0.4, 0.5) is 0 Å². The number of fused-ring (bicyclic) bond motifs is 3. The van der Waals surface area contributed by atoms with E-state index in [-0.39, 0.29) is 34.7 Å². The van der Waals surface area contributed by atoms with Crippen LogP contribution >= 0.6 is 0 Å². The van der Waals surface area contributed by atoms with Crippen LogP contribution in [0.2, 0.25) is 0 Å². The maximum Gasteiger partial charge on any atom is 0.225 e. The first-order valence-corrected chi connectivity index (χ1v) is 13.2.